The summed E-state index contributed by atoms with van der Waals surface area (Å²) < 4.78 is 14.9. The topological polar surface area (TPSA) is 17.8 Å². The van der Waals surface area contributed by atoms with Gasteiger partial charge >= 0.3 is 0 Å². The summed E-state index contributed by atoms with van der Waals surface area (Å²) in [4.78, 5) is 3.59. The number of halogens is 2. The molecule has 0 aromatic carbocycles. The van der Waals surface area contributed by atoms with Gasteiger partial charge in [0.25, 0.3) is 6.08 Å². The summed E-state index contributed by atoms with van der Waals surface area (Å²) in [5.41, 5.74) is -0.247. The van der Waals surface area contributed by atoms with E-state index < -0.39 is 6.08 Å². The SMILES string of the molecule is CC(C)(C)n1cc(Br)nc1F. The molecule has 0 aliphatic carbocycles. The van der Waals surface area contributed by atoms with E-state index in [2.05, 4.69) is 20.9 Å². The summed E-state index contributed by atoms with van der Waals surface area (Å²) in [5.74, 6) is 0. The Morgan fingerprint density at radius 2 is 2.09 bits per heavy atom. The van der Waals surface area contributed by atoms with Gasteiger partial charge in [0.15, 0.2) is 0 Å². The number of rotatable bonds is 0. The molecule has 0 bridgehead atoms. The maximum atomic E-state index is 12.9. The van der Waals surface area contributed by atoms with Gasteiger partial charge in [-0.3, -0.25) is 0 Å². The first-order valence-electron chi connectivity index (χ1n) is 3.32. The molecule has 0 radical (unpaired) electrons. The van der Waals surface area contributed by atoms with E-state index in [1.165, 1.54) is 4.57 Å². The molecule has 0 aliphatic rings. The van der Waals surface area contributed by atoms with Gasteiger partial charge in [0.2, 0.25) is 0 Å². The Morgan fingerprint density at radius 1 is 1.55 bits per heavy atom. The number of nitrogens with zero attached hydrogens (tertiary/aromatic N) is 2. The van der Waals surface area contributed by atoms with Crippen molar-refractivity contribution in [3.05, 3.63) is 16.9 Å². The van der Waals surface area contributed by atoms with Gasteiger partial charge in [-0.05, 0) is 36.7 Å². The number of aromatic nitrogens is 2. The monoisotopic (exact) mass is 220 g/mol. The van der Waals surface area contributed by atoms with Crippen molar-refractivity contribution < 1.29 is 4.39 Å². The van der Waals surface area contributed by atoms with E-state index in [-0.39, 0.29) is 5.54 Å². The lowest BCUT2D eigenvalue weighted by molar-refractivity contribution is 0.326. The molecule has 0 atom stereocenters. The molecule has 1 rings (SSSR count). The van der Waals surface area contributed by atoms with Crippen molar-refractivity contribution in [1.29, 1.82) is 0 Å². The van der Waals surface area contributed by atoms with Gasteiger partial charge in [-0.2, -0.15) is 9.37 Å². The van der Waals surface area contributed by atoms with Crippen molar-refractivity contribution in [2.24, 2.45) is 0 Å². The molecule has 2 nitrogen and oxygen atoms in total. The number of hydrogen-bond acceptors (Lipinski definition) is 1. The fourth-order valence-corrected chi connectivity index (χ4v) is 1.15. The molecule has 1 aromatic heterocycles. The summed E-state index contributed by atoms with van der Waals surface area (Å²) in [5, 5.41) is 0. The second-order valence-electron chi connectivity index (χ2n) is 3.37. The van der Waals surface area contributed by atoms with E-state index in [0.717, 1.165) is 0 Å². The summed E-state index contributed by atoms with van der Waals surface area (Å²) in [6.45, 7) is 5.76. The molecule has 11 heavy (non-hydrogen) atoms. The van der Waals surface area contributed by atoms with Crippen LogP contribution in [0.4, 0.5) is 4.39 Å². The molecule has 1 heterocycles. The third-order valence-corrected chi connectivity index (χ3v) is 1.74. The molecule has 1 aromatic rings. The van der Waals surface area contributed by atoms with E-state index in [4.69, 9.17) is 0 Å². The molecule has 0 spiro atoms. The first-order valence-corrected chi connectivity index (χ1v) is 4.11. The Balaban J connectivity index is 3.13. The first kappa shape index (κ1) is 8.71. The third kappa shape index (κ3) is 1.80. The van der Waals surface area contributed by atoms with Crippen LogP contribution < -0.4 is 0 Å². The molecule has 0 aliphatic heterocycles. The van der Waals surface area contributed by atoms with Crippen molar-refractivity contribution >= 4 is 15.9 Å². The normalized spacial score (nSPS) is 12.1. The maximum Gasteiger partial charge on any atom is 0.290 e. The van der Waals surface area contributed by atoms with Gasteiger partial charge < -0.3 is 4.57 Å². The van der Waals surface area contributed by atoms with Crippen molar-refractivity contribution in [3.8, 4) is 0 Å². The highest BCUT2D eigenvalue weighted by Crippen LogP contribution is 2.18. The lowest BCUT2D eigenvalue weighted by Gasteiger charge is -2.20. The highest BCUT2D eigenvalue weighted by Gasteiger charge is 2.17. The highest BCUT2D eigenvalue weighted by molar-refractivity contribution is 9.10. The van der Waals surface area contributed by atoms with Crippen LogP contribution in [0, 0.1) is 6.08 Å². The minimum absolute atomic E-state index is 0.247. The number of imidazole rings is 1. The van der Waals surface area contributed by atoms with Crippen LogP contribution in [0.15, 0.2) is 10.8 Å². The number of hydrogen-bond donors (Lipinski definition) is 0. The minimum atomic E-state index is -0.454. The van der Waals surface area contributed by atoms with Gasteiger partial charge in [0, 0.05) is 11.7 Å². The fraction of sp³-hybridized carbons (Fsp3) is 0.571. The van der Waals surface area contributed by atoms with Gasteiger partial charge in [0.1, 0.15) is 4.60 Å². The van der Waals surface area contributed by atoms with Crippen LogP contribution in [-0.2, 0) is 5.54 Å². The van der Waals surface area contributed by atoms with Gasteiger partial charge in [-0.1, -0.05) is 0 Å². The first-order chi connectivity index (χ1) is 4.91. The standard InChI is InChI=1S/C7H10BrFN2/c1-7(2,3)11-4-5(8)10-6(11)9/h4H,1-3H3. The maximum absolute atomic E-state index is 12.9. The minimum Gasteiger partial charge on any atom is -0.301 e. The van der Waals surface area contributed by atoms with Crippen molar-refractivity contribution in [3.63, 3.8) is 0 Å². The summed E-state index contributed by atoms with van der Waals surface area (Å²) in [6, 6.07) is 0. The van der Waals surface area contributed by atoms with E-state index >= 15 is 0 Å². The third-order valence-electron chi connectivity index (χ3n) is 1.36. The molecule has 4 heteroatoms. The van der Waals surface area contributed by atoms with Crippen LogP contribution in [0.1, 0.15) is 20.8 Å². The Kier molecular flexibility index (Phi) is 2.05. The molecule has 0 saturated heterocycles. The zero-order chi connectivity index (χ0) is 8.65. The molecular weight excluding hydrogens is 211 g/mol. The largest absolute Gasteiger partial charge is 0.301 e. The zero-order valence-corrected chi connectivity index (χ0v) is 8.31. The smallest absolute Gasteiger partial charge is 0.290 e. The summed E-state index contributed by atoms with van der Waals surface area (Å²) in [6.07, 6.45) is 1.18. The van der Waals surface area contributed by atoms with E-state index in [9.17, 15) is 4.39 Å². The molecule has 0 unspecified atom stereocenters. The van der Waals surface area contributed by atoms with Gasteiger partial charge in [0.05, 0.1) is 0 Å². The molecule has 0 saturated carbocycles. The summed E-state index contributed by atoms with van der Waals surface area (Å²) in [7, 11) is 0. The molecule has 0 N–H and O–H groups in total. The highest BCUT2D eigenvalue weighted by atomic mass is 79.9. The molecule has 62 valence electrons. The quantitative estimate of drug-likeness (QED) is 0.658. The molecule has 0 amide bonds. The van der Waals surface area contributed by atoms with E-state index in [1.54, 1.807) is 6.20 Å². The molecular formula is C7H10BrFN2. The van der Waals surface area contributed by atoms with Gasteiger partial charge in [-0.15, -0.1) is 0 Å². The van der Waals surface area contributed by atoms with Crippen molar-refractivity contribution in [1.82, 2.24) is 9.55 Å². The molecule has 0 fully saturated rings. The van der Waals surface area contributed by atoms with Crippen molar-refractivity contribution in [2.75, 3.05) is 0 Å². The van der Waals surface area contributed by atoms with Gasteiger partial charge in [-0.25, -0.2) is 0 Å². The predicted octanol–water partition coefficient (Wildman–Crippen LogP) is 2.54. The Labute approximate surface area is 73.6 Å². The Bertz CT molecular complexity index is 262. The Hall–Kier alpha value is -0.380. The van der Waals surface area contributed by atoms with Crippen LogP contribution in [0.2, 0.25) is 0 Å². The summed E-state index contributed by atoms with van der Waals surface area (Å²) >= 11 is 3.10. The van der Waals surface area contributed by atoms with E-state index in [1.807, 2.05) is 20.8 Å². The van der Waals surface area contributed by atoms with E-state index in [0.29, 0.717) is 4.60 Å². The van der Waals surface area contributed by atoms with Crippen LogP contribution >= 0.6 is 15.9 Å². The zero-order valence-electron chi connectivity index (χ0n) is 6.73. The van der Waals surface area contributed by atoms with Crippen LogP contribution in [0.5, 0.6) is 0 Å². The Morgan fingerprint density at radius 3 is 2.27 bits per heavy atom. The average Bonchev–Trinajstić information content (AvgIpc) is 2.08. The average molecular weight is 221 g/mol. The lowest BCUT2D eigenvalue weighted by Crippen LogP contribution is -2.22. The second kappa shape index (κ2) is 2.59. The van der Waals surface area contributed by atoms with Crippen LogP contribution in [-0.4, -0.2) is 9.55 Å². The lowest BCUT2D eigenvalue weighted by atomic mass is 10.1. The predicted molar refractivity (Wildman–Crippen MR) is 44.9 cm³/mol. The van der Waals surface area contributed by atoms with Crippen LogP contribution in [0.3, 0.4) is 0 Å². The van der Waals surface area contributed by atoms with Crippen molar-refractivity contribution in [2.45, 2.75) is 26.3 Å². The van der Waals surface area contributed by atoms with Crippen LogP contribution in [0.25, 0.3) is 0 Å². The fourth-order valence-electron chi connectivity index (χ4n) is 0.801. The second-order valence-corrected chi connectivity index (χ2v) is 4.19.